The molecule has 0 heterocycles. The van der Waals surface area contributed by atoms with Gasteiger partial charge in [0.25, 0.3) is 0 Å². The minimum atomic E-state index is -0.0457. The molecule has 1 unspecified atom stereocenters. The van der Waals surface area contributed by atoms with Crippen LogP contribution in [0.5, 0.6) is 0 Å². The van der Waals surface area contributed by atoms with Gasteiger partial charge >= 0.3 is 0 Å². The first-order valence-electron chi connectivity index (χ1n) is 6.53. The van der Waals surface area contributed by atoms with Crippen molar-refractivity contribution in [3.05, 3.63) is 23.8 Å². The van der Waals surface area contributed by atoms with E-state index in [1.807, 2.05) is 6.07 Å². The summed E-state index contributed by atoms with van der Waals surface area (Å²) in [6.07, 6.45) is 0.656. The zero-order valence-electron chi connectivity index (χ0n) is 12.2. The third-order valence-corrected chi connectivity index (χ3v) is 3.24. The third-order valence-electron chi connectivity index (χ3n) is 3.24. The molecule has 1 rings (SSSR count). The second-order valence-corrected chi connectivity index (χ2v) is 5.93. The van der Waals surface area contributed by atoms with E-state index in [9.17, 15) is 4.79 Å². The van der Waals surface area contributed by atoms with Crippen molar-refractivity contribution in [3.63, 3.8) is 0 Å². The van der Waals surface area contributed by atoms with Gasteiger partial charge in [0.05, 0.1) is 0 Å². The molecule has 106 valence electrons. The minimum absolute atomic E-state index is 0.0144. The molecule has 19 heavy (non-hydrogen) atoms. The van der Waals surface area contributed by atoms with E-state index in [1.54, 1.807) is 12.1 Å². The summed E-state index contributed by atoms with van der Waals surface area (Å²) in [5.41, 5.74) is 7.67. The van der Waals surface area contributed by atoms with Crippen LogP contribution < -0.4 is 11.1 Å². The molecule has 0 radical (unpaired) electrons. The average Bonchev–Trinajstić information content (AvgIpc) is 2.29. The molecule has 0 aliphatic carbocycles. The number of anilines is 2. The smallest absolute Gasteiger partial charge is 0.161 e. The molecule has 4 heteroatoms. The van der Waals surface area contributed by atoms with Gasteiger partial charge in [0, 0.05) is 29.6 Å². The fourth-order valence-corrected chi connectivity index (χ4v) is 2.00. The lowest BCUT2D eigenvalue weighted by atomic mass is 9.84. The standard InChI is InChI=1S/C15H24N2O2/c1-10(19)12-9-11(5-6-13(12)16)17-14(7-8-18)15(2,3)4/h5-6,9,14,17-18H,7-8,16H2,1-4H3. The molecule has 0 fully saturated rings. The number of hydrogen-bond donors (Lipinski definition) is 3. The molecule has 0 spiro atoms. The first kappa shape index (κ1) is 15.5. The summed E-state index contributed by atoms with van der Waals surface area (Å²) < 4.78 is 0. The number of rotatable bonds is 5. The van der Waals surface area contributed by atoms with Gasteiger partial charge in [0.2, 0.25) is 0 Å². The maximum Gasteiger partial charge on any atom is 0.161 e. The molecule has 0 saturated carbocycles. The average molecular weight is 264 g/mol. The fourth-order valence-electron chi connectivity index (χ4n) is 2.00. The van der Waals surface area contributed by atoms with Gasteiger partial charge in [-0.15, -0.1) is 0 Å². The first-order chi connectivity index (χ1) is 8.75. The summed E-state index contributed by atoms with van der Waals surface area (Å²) in [5.74, 6) is -0.0457. The molecule has 1 aromatic rings. The van der Waals surface area contributed by atoms with Crippen molar-refractivity contribution in [1.29, 1.82) is 0 Å². The topological polar surface area (TPSA) is 75.3 Å². The van der Waals surface area contributed by atoms with Crippen molar-refractivity contribution < 1.29 is 9.90 Å². The Bertz CT molecular complexity index is 450. The number of nitrogens with two attached hydrogens (primary N) is 1. The Morgan fingerprint density at radius 2 is 2.05 bits per heavy atom. The minimum Gasteiger partial charge on any atom is -0.398 e. The van der Waals surface area contributed by atoms with Crippen LogP contribution in [-0.4, -0.2) is 23.5 Å². The van der Waals surface area contributed by atoms with E-state index in [2.05, 4.69) is 26.1 Å². The summed E-state index contributed by atoms with van der Waals surface area (Å²) in [5, 5.41) is 12.5. The third kappa shape index (κ3) is 4.24. The summed E-state index contributed by atoms with van der Waals surface area (Å²) in [6, 6.07) is 5.49. The highest BCUT2D eigenvalue weighted by Crippen LogP contribution is 2.27. The largest absolute Gasteiger partial charge is 0.398 e. The highest BCUT2D eigenvalue weighted by Gasteiger charge is 2.24. The predicted octanol–water partition coefficient (Wildman–Crippen LogP) is 2.68. The van der Waals surface area contributed by atoms with Crippen molar-refractivity contribution >= 4 is 17.2 Å². The van der Waals surface area contributed by atoms with Crippen LogP contribution in [-0.2, 0) is 0 Å². The zero-order valence-corrected chi connectivity index (χ0v) is 12.2. The van der Waals surface area contributed by atoms with E-state index in [0.29, 0.717) is 17.7 Å². The monoisotopic (exact) mass is 264 g/mol. The van der Waals surface area contributed by atoms with E-state index in [-0.39, 0.29) is 23.8 Å². The highest BCUT2D eigenvalue weighted by molar-refractivity contribution is 6.00. The number of carbonyl (C=O) groups excluding carboxylic acids is 1. The van der Waals surface area contributed by atoms with Crippen molar-refractivity contribution in [2.75, 3.05) is 17.7 Å². The lowest BCUT2D eigenvalue weighted by molar-refractivity contribution is 0.101. The molecule has 0 aliphatic rings. The van der Waals surface area contributed by atoms with Crippen LogP contribution in [0.2, 0.25) is 0 Å². The number of benzene rings is 1. The SMILES string of the molecule is CC(=O)c1cc(NC(CCO)C(C)(C)C)ccc1N. The molecule has 1 atom stereocenters. The van der Waals surface area contributed by atoms with Crippen LogP contribution in [0, 0.1) is 5.41 Å². The predicted molar refractivity (Wildman–Crippen MR) is 79.4 cm³/mol. The van der Waals surface area contributed by atoms with E-state index in [0.717, 1.165) is 5.69 Å². The lowest BCUT2D eigenvalue weighted by Crippen LogP contribution is -2.34. The first-order valence-corrected chi connectivity index (χ1v) is 6.53. The molecular weight excluding hydrogens is 240 g/mol. The number of aliphatic hydroxyl groups excluding tert-OH is 1. The van der Waals surface area contributed by atoms with Crippen LogP contribution in [0.15, 0.2) is 18.2 Å². The molecule has 0 saturated heterocycles. The van der Waals surface area contributed by atoms with Crippen LogP contribution in [0.4, 0.5) is 11.4 Å². The second-order valence-electron chi connectivity index (χ2n) is 5.93. The number of aliphatic hydroxyl groups is 1. The Morgan fingerprint density at radius 3 is 2.53 bits per heavy atom. The fraction of sp³-hybridized carbons (Fsp3) is 0.533. The zero-order chi connectivity index (χ0) is 14.6. The van der Waals surface area contributed by atoms with Gasteiger partial charge < -0.3 is 16.2 Å². The number of Topliss-reactive ketones (excluding diaryl/α,β-unsaturated/α-hetero) is 1. The quantitative estimate of drug-likeness (QED) is 0.564. The summed E-state index contributed by atoms with van der Waals surface area (Å²) in [4.78, 5) is 11.5. The second kappa shape index (κ2) is 6.06. The van der Waals surface area contributed by atoms with Crippen molar-refractivity contribution in [3.8, 4) is 0 Å². The number of carbonyl (C=O) groups is 1. The Morgan fingerprint density at radius 1 is 1.42 bits per heavy atom. The molecule has 0 aliphatic heterocycles. The van der Waals surface area contributed by atoms with E-state index >= 15 is 0 Å². The van der Waals surface area contributed by atoms with Gasteiger partial charge in [-0.2, -0.15) is 0 Å². The van der Waals surface area contributed by atoms with Crippen LogP contribution in [0.1, 0.15) is 44.5 Å². The van der Waals surface area contributed by atoms with Crippen LogP contribution >= 0.6 is 0 Å². The maximum atomic E-state index is 11.5. The summed E-state index contributed by atoms with van der Waals surface area (Å²) in [7, 11) is 0. The van der Waals surface area contributed by atoms with Crippen LogP contribution in [0.25, 0.3) is 0 Å². The Balaban J connectivity index is 2.97. The lowest BCUT2D eigenvalue weighted by Gasteiger charge is -2.32. The molecule has 4 N–H and O–H groups in total. The molecule has 4 nitrogen and oxygen atoms in total. The number of hydrogen-bond acceptors (Lipinski definition) is 4. The van der Waals surface area contributed by atoms with E-state index in [1.165, 1.54) is 6.92 Å². The van der Waals surface area contributed by atoms with Gasteiger partial charge in [-0.3, -0.25) is 4.79 Å². The molecule has 0 bridgehead atoms. The highest BCUT2D eigenvalue weighted by atomic mass is 16.3. The van der Waals surface area contributed by atoms with E-state index < -0.39 is 0 Å². The molecule has 0 amide bonds. The van der Waals surface area contributed by atoms with E-state index in [4.69, 9.17) is 10.8 Å². The Hall–Kier alpha value is -1.55. The number of nitrogens with one attached hydrogen (secondary N) is 1. The normalized spacial score (nSPS) is 13.1. The van der Waals surface area contributed by atoms with Crippen LogP contribution in [0.3, 0.4) is 0 Å². The van der Waals surface area contributed by atoms with Gasteiger partial charge in [-0.1, -0.05) is 20.8 Å². The van der Waals surface area contributed by atoms with Crippen molar-refractivity contribution in [2.24, 2.45) is 5.41 Å². The molecule has 1 aromatic carbocycles. The number of nitrogen functional groups attached to an aromatic ring is 1. The number of ketones is 1. The molecule has 0 aromatic heterocycles. The van der Waals surface area contributed by atoms with Crippen molar-refractivity contribution in [2.45, 2.75) is 40.2 Å². The van der Waals surface area contributed by atoms with Gasteiger partial charge in [-0.25, -0.2) is 0 Å². The molecular formula is C15H24N2O2. The maximum absolute atomic E-state index is 11.5. The van der Waals surface area contributed by atoms with Gasteiger partial charge in [-0.05, 0) is 37.0 Å². The van der Waals surface area contributed by atoms with Gasteiger partial charge in [0.1, 0.15) is 0 Å². The van der Waals surface area contributed by atoms with Gasteiger partial charge in [0.15, 0.2) is 5.78 Å². The summed E-state index contributed by atoms with van der Waals surface area (Å²) in [6.45, 7) is 7.98. The van der Waals surface area contributed by atoms with Crippen molar-refractivity contribution in [1.82, 2.24) is 0 Å². The Kier molecular flexibility index (Phi) is 4.95. The Labute approximate surface area is 115 Å². The summed E-state index contributed by atoms with van der Waals surface area (Å²) >= 11 is 0.